The molecule has 0 bridgehead atoms. The summed E-state index contributed by atoms with van der Waals surface area (Å²) >= 11 is 11.9. The predicted octanol–water partition coefficient (Wildman–Crippen LogP) is 4.60. The van der Waals surface area contributed by atoms with Crippen molar-refractivity contribution in [2.45, 2.75) is 25.8 Å². The number of carbonyl (C=O) groups is 1. The first-order valence-corrected chi connectivity index (χ1v) is 8.93. The second-order valence-corrected chi connectivity index (χ2v) is 6.81. The third-order valence-corrected chi connectivity index (χ3v) is 4.49. The quantitative estimate of drug-likeness (QED) is 0.824. The summed E-state index contributed by atoms with van der Waals surface area (Å²) in [5, 5.41) is 4.02. The monoisotopic (exact) mass is 379 g/mol. The van der Waals surface area contributed by atoms with Crippen molar-refractivity contribution in [3.8, 4) is 11.6 Å². The number of nitrogens with zero attached hydrogens (tertiary/aromatic N) is 2. The van der Waals surface area contributed by atoms with E-state index in [1.54, 1.807) is 18.2 Å². The van der Waals surface area contributed by atoms with Crippen molar-refractivity contribution < 1.29 is 9.53 Å². The zero-order valence-electron chi connectivity index (χ0n) is 13.8. The van der Waals surface area contributed by atoms with Gasteiger partial charge in [0.15, 0.2) is 0 Å². The maximum Gasteiger partial charge on any atom is 0.244 e. The van der Waals surface area contributed by atoms with E-state index in [1.165, 1.54) is 6.20 Å². The number of pyridine rings is 1. The normalized spacial score (nSPS) is 15.1. The molecule has 1 aromatic carbocycles. The largest absolute Gasteiger partial charge is 0.438 e. The minimum Gasteiger partial charge on any atom is -0.438 e. The third-order valence-electron chi connectivity index (χ3n) is 4.01. The minimum absolute atomic E-state index is 0.134. The summed E-state index contributed by atoms with van der Waals surface area (Å²) in [6.07, 6.45) is 3.65. The molecule has 2 aromatic rings. The minimum atomic E-state index is -0.266. The van der Waals surface area contributed by atoms with Crippen LogP contribution in [0.1, 0.15) is 19.8 Å². The van der Waals surface area contributed by atoms with E-state index in [0.717, 1.165) is 31.6 Å². The lowest BCUT2D eigenvalue weighted by Gasteiger charge is -2.22. The molecule has 1 saturated heterocycles. The number of halogens is 2. The second kappa shape index (κ2) is 7.93. The first-order chi connectivity index (χ1) is 12.0. The molecule has 1 aromatic heterocycles. The molecule has 5 nitrogen and oxygen atoms in total. The highest BCUT2D eigenvalue weighted by molar-refractivity contribution is 6.35. The molecule has 2 heterocycles. The Kier molecular flexibility index (Phi) is 5.66. The first-order valence-electron chi connectivity index (χ1n) is 8.17. The second-order valence-electron chi connectivity index (χ2n) is 5.97. The number of hydrogen-bond donors (Lipinski definition) is 1. The van der Waals surface area contributed by atoms with E-state index in [1.807, 2.05) is 24.0 Å². The van der Waals surface area contributed by atoms with Crippen LogP contribution in [0.3, 0.4) is 0 Å². The van der Waals surface area contributed by atoms with E-state index >= 15 is 0 Å². The molecule has 1 fully saturated rings. The third kappa shape index (κ3) is 4.55. The lowest BCUT2D eigenvalue weighted by molar-refractivity contribution is -0.130. The Balaban J connectivity index is 1.60. The van der Waals surface area contributed by atoms with Crippen LogP contribution in [0.4, 0.5) is 5.69 Å². The van der Waals surface area contributed by atoms with Crippen LogP contribution in [0.25, 0.3) is 0 Å². The van der Waals surface area contributed by atoms with E-state index in [0.29, 0.717) is 21.7 Å². The van der Waals surface area contributed by atoms with Gasteiger partial charge in [-0.1, -0.05) is 23.2 Å². The van der Waals surface area contributed by atoms with Gasteiger partial charge in [-0.05, 0) is 50.1 Å². The molecule has 0 saturated carbocycles. The summed E-state index contributed by atoms with van der Waals surface area (Å²) in [6, 6.07) is 8.61. The van der Waals surface area contributed by atoms with Crippen LogP contribution in [-0.4, -0.2) is 34.9 Å². The number of hydrogen-bond acceptors (Lipinski definition) is 4. The highest BCUT2D eigenvalue weighted by atomic mass is 35.5. The van der Waals surface area contributed by atoms with Crippen molar-refractivity contribution in [1.29, 1.82) is 0 Å². The average Bonchev–Trinajstić information content (AvgIpc) is 3.13. The number of benzene rings is 1. The van der Waals surface area contributed by atoms with Gasteiger partial charge in [0.2, 0.25) is 11.8 Å². The van der Waals surface area contributed by atoms with E-state index < -0.39 is 0 Å². The fraction of sp³-hybridized carbons (Fsp3) is 0.333. The Bertz CT molecular complexity index is 746. The Morgan fingerprint density at radius 2 is 1.92 bits per heavy atom. The molecule has 1 atom stereocenters. The molecule has 1 unspecified atom stereocenters. The fourth-order valence-corrected chi connectivity index (χ4v) is 3.15. The smallest absolute Gasteiger partial charge is 0.244 e. The molecular weight excluding hydrogens is 361 g/mol. The molecule has 0 aliphatic carbocycles. The van der Waals surface area contributed by atoms with Gasteiger partial charge in [0.25, 0.3) is 0 Å². The van der Waals surface area contributed by atoms with Crippen LogP contribution in [0.15, 0.2) is 36.5 Å². The molecule has 3 rings (SSSR count). The van der Waals surface area contributed by atoms with Gasteiger partial charge in [0, 0.05) is 25.0 Å². The standard InChI is InChI=1S/C18H19Cl2N3O2/c1-12(18(24)23-8-2-3-9-23)22-14-4-6-15(7-5-14)25-17-16(20)10-13(19)11-21-17/h4-7,10-12,22H,2-3,8-9H2,1H3. The van der Waals surface area contributed by atoms with E-state index in [-0.39, 0.29) is 11.9 Å². The van der Waals surface area contributed by atoms with Crippen LogP contribution < -0.4 is 10.1 Å². The summed E-state index contributed by atoms with van der Waals surface area (Å²) in [5.41, 5.74) is 0.850. The predicted molar refractivity (Wildman–Crippen MR) is 99.7 cm³/mol. The van der Waals surface area contributed by atoms with Gasteiger partial charge < -0.3 is 15.0 Å². The summed E-state index contributed by atoms with van der Waals surface area (Å²) in [5.74, 6) is 1.03. The van der Waals surface area contributed by atoms with Gasteiger partial charge in [-0.25, -0.2) is 4.98 Å². The summed E-state index contributed by atoms with van der Waals surface area (Å²) < 4.78 is 5.65. The van der Waals surface area contributed by atoms with Gasteiger partial charge in [-0.15, -0.1) is 0 Å². The number of amides is 1. The van der Waals surface area contributed by atoms with Crippen LogP contribution in [-0.2, 0) is 4.79 Å². The Morgan fingerprint density at radius 1 is 1.24 bits per heavy atom. The summed E-state index contributed by atoms with van der Waals surface area (Å²) in [4.78, 5) is 18.3. The van der Waals surface area contributed by atoms with Gasteiger partial charge in [0.05, 0.1) is 5.02 Å². The first kappa shape index (κ1) is 17.8. The van der Waals surface area contributed by atoms with Gasteiger partial charge in [0.1, 0.15) is 16.8 Å². The molecular formula is C18H19Cl2N3O2. The molecule has 25 heavy (non-hydrogen) atoms. The number of anilines is 1. The number of carbonyl (C=O) groups excluding carboxylic acids is 1. The molecule has 0 spiro atoms. The number of aromatic nitrogens is 1. The molecule has 1 amide bonds. The van der Waals surface area contributed by atoms with Gasteiger partial charge >= 0.3 is 0 Å². The zero-order valence-corrected chi connectivity index (χ0v) is 15.3. The van der Waals surface area contributed by atoms with Gasteiger partial charge in [-0.3, -0.25) is 4.79 Å². The maximum atomic E-state index is 12.3. The highest BCUT2D eigenvalue weighted by Gasteiger charge is 2.22. The van der Waals surface area contributed by atoms with Crippen molar-refractivity contribution in [2.75, 3.05) is 18.4 Å². The zero-order chi connectivity index (χ0) is 17.8. The Hall–Kier alpha value is -1.98. The fourth-order valence-electron chi connectivity index (χ4n) is 2.73. The molecule has 0 radical (unpaired) electrons. The van der Waals surface area contributed by atoms with Crippen molar-refractivity contribution in [3.05, 3.63) is 46.6 Å². The lowest BCUT2D eigenvalue weighted by atomic mass is 10.2. The Labute approximate surface area is 156 Å². The van der Waals surface area contributed by atoms with Crippen LogP contribution in [0, 0.1) is 0 Å². The molecule has 1 aliphatic heterocycles. The number of nitrogens with one attached hydrogen (secondary N) is 1. The molecule has 1 aliphatic rings. The van der Waals surface area contributed by atoms with Crippen LogP contribution in [0.2, 0.25) is 10.0 Å². The van der Waals surface area contributed by atoms with E-state index in [4.69, 9.17) is 27.9 Å². The average molecular weight is 380 g/mol. The van der Waals surface area contributed by atoms with Crippen LogP contribution >= 0.6 is 23.2 Å². The number of rotatable bonds is 5. The Morgan fingerprint density at radius 3 is 2.56 bits per heavy atom. The number of likely N-dealkylation sites (tertiary alicyclic amines) is 1. The number of ether oxygens (including phenoxy) is 1. The van der Waals surface area contributed by atoms with Crippen molar-refractivity contribution in [3.63, 3.8) is 0 Å². The van der Waals surface area contributed by atoms with E-state index in [9.17, 15) is 4.79 Å². The molecule has 1 N–H and O–H groups in total. The molecule has 7 heteroatoms. The van der Waals surface area contributed by atoms with Crippen molar-refractivity contribution >= 4 is 34.8 Å². The van der Waals surface area contributed by atoms with Gasteiger partial charge in [-0.2, -0.15) is 0 Å². The summed E-state index contributed by atoms with van der Waals surface area (Å²) in [6.45, 7) is 3.58. The van der Waals surface area contributed by atoms with Crippen molar-refractivity contribution in [1.82, 2.24) is 9.88 Å². The highest BCUT2D eigenvalue weighted by Crippen LogP contribution is 2.29. The van der Waals surface area contributed by atoms with Crippen molar-refractivity contribution in [2.24, 2.45) is 0 Å². The topological polar surface area (TPSA) is 54.5 Å². The summed E-state index contributed by atoms with van der Waals surface area (Å²) in [7, 11) is 0. The maximum absolute atomic E-state index is 12.3. The van der Waals surface area contributed by atoms with E-state index in [2.05, 4.69) is 10.3 Å². The van der Waals surface area contributed by atoms with Crippen LogP contribution in [0.5, 0.6) is 11.6 Å². The molecule has 132 valence electrons. The lowest BCUT2D eigenvalue weighted by Crippen LogP contribution is -2.39. The SMILES string of the molecule is CC(Nc1ccc(Oc2ncc(Cl)cc2Cl)cc1)C(=O)N1CCCC1.